The molecular formula is C31H24Cl2N4O3. The van der Waals surface area contributed by atoms with Gasteiger partial charge in [0.1, 0.15) is 6.54 Å². The lowest BCUT2D eigenvalue weighted by molar-refractivity contribution is -0.125. The Labute approximate surface area is 240 Å². The molecule has 1 aromatic heterocycles. The fraction of sp³-hybridized carbons (Fsp3) is 0.0968. The fourth-order valence-corrected chi connectivity index (χ4v) is 4.86. The van der Waals surface area contributed by atoms with Crippen LogP contribution in [0.4, 0.5) is 5.69 Å². The van der Waals surface area contributed by atoms with Crippen molar-refractivity contribution in [2.24, 2.45) is 10.2 Å². The Morgan fingerprint density at radius 2 is 1.45 bits per heavy atom. The van der Waals surface area contributed by atoms with Gasteiger partial charge in [-0.25, -0.2) is 0 Å². The molecule has 0 aliphatic heterocycles. The molecule has 7 nitrogen and oxygen atoms in total. The van der Waals surface area contributed by atoms with Gasteiger partial charge in [0.25, 0.3) is 5.91 Å². The van der Waals surface area contributed by atoms with Gasteiger partial charge >= 0.3 is 0 Å². The van der Waals surface area contributed by atoms with Crippen LogP contribution in [0.2, 0.25) is 10.0 Å². The standard InChI is InChI=1S/C31H24Cl2N4O3/c32-24-16-15-20(17-25(24)33)19-37-26-14-8-7-13-23(26)29(31(37)40)36-35-27(38)18-34-30(39)28(21-9-3-1-4-10-21)22-11-5-2-6-12-22/h1-17,28,40H,18-19H2,(H,34,39). The summed E-state index contributed by atoms with van der Waals surface area (Å²) in [5, 5.41) is 23.0. The van der Waals surface area contributed by atoms with Crippen molar-refractivity contribution in [3.05, 3.63) is 130 Å². The first-order valence-corrected chi connectivity index (χ1v) is 13.2. The van der Waals surface area contributed by atoms with Crippen molar-refractivity contribution in [2.75, 3.05) is 6.54 Å². The number of carbonyl (C=O) groups is 2. The summed E-state index contributed by atoms with van der Waals surface area (Å²) in [6.07, 6.45) is 0. The SMILES string of the molecule is O=C(CNC(=O)C(c1ccccc1)c1ccccc1)N=Nc1c(O)n(Cc2ccc(Cl)c(Cl)c2)c2ccccc12. The Kier molecular flexibility index (Phi) is 8.24. The van der Waals surface area contributed by atoms with Gasteiger partial charge in [0.2, 0.25) is 11.8 Å². The number of fused-ring (bicyclic) bond motifs is 1. The van der Waals surface area contributed by atoms with Crippen molar-refractivity contribution in [3.8, 4) is 5.88 Å². The summed E-state index contributed by atoms with van der Waals surface area (Å²) >= 11 is 12.2. The third kappa shape index (κ3) is 5.91. The number of azo groups is 1. The van der Waals surface area contributed by atoms with Crippen molar-refractivity contribution in [1.82, 2.24) is 9.88 Å². The lowest BCUT2D eigenvalue weighted by atomic mass is 9.90. The first-order chi connectivity index (χ1) is 19.4. The van der Waals surface area contributed by atoms with E-state index < -0.39 is 11.8 Å². The second kappa shape index (κ2) is 12.2. The third-order valence-corrected chi connectivity index (χ3v) is 7.18. The molecule has 0 saturated carbocycles. The topological polar surface area (TPSA) is 96.1 Å². The van der Waals surface area contributed by atoms with Crippen LogP contribution < -0.4 is 5.32 Å². The lowest BCUT2D eigenvalue weighted by Gasteiger charge is -2.17. The highest BCUT2D eigenvalue weighted by Crippen LogP contribution is 2.39. The normalized spacial score (nSPS) is 11.4. The predicted octanol–water partition coefficient (Wildman–Crippen LogP) is 7.26. The largest absolute Gasteiger partial charge is 0.493 e. The highest BCUT2D eigenvalue weighted by Gasteiger charge is 2.23. The van der Waals surface area contributed by atoms with Gasteiger partial charge in [-0.05, 0) is 34.9 Å². The number of hydrogen-bond acceptors (Lipinski definition) is 4. The van der Waals surface area contributed by atoms with E-state index in [1.54, 1.807) is 28.8 Å². The Hall–Kier alpha value is -4.46. The van der Waals surface area contributed by atoms with Crippen molar-refractivity contribution in [3.63, 3.8) is 0 Å². The molecule has 0 aliphatic carbocycles. The van der Waals surface area contributed by atoms with Crippen molar-refractivity contribution in [1.29, 1.82) is 0 Å². The number of rotatable bonds is 8. The molecule has 0 radical (unpaired) electrons. The molecule has 2 N–H and O–H groups in total. The van der Waals surface area contributed by atoms with Crippen molar-refractivity contribution in [2.45, 2.75) is 12.5 Å². The first kappa shape index (κ1) is 27.1. The van der Waals surface area contributed by atoms with Crippen molar-refractivity contribution < 1.29 is 14.7 Å². The number of aromatic hydroxyl groups is 1. The molecule has 5 aromatic rings. The number of carbonyl (C=O) groups excluding carboxylic acids is 2. The van der Waals surface area contributed by atoms with Gasteiger partial charge in [0.15, 0.2) is 5.69 Å². The Morgan fingerprint density at radius 1 is 0.825 bits per heavy atom. The minimum atomic E-state index is -0.658. The van der Waals surface area contributed by atoms with Crippen LogP contribution in [0.15, 0.2) is 113 Å². The summed E-state index contributed by atoms with van der Waals surface area (Å²) in [7, 11) is 0. The molecule has 5 rings (SSSR count). The average Bonchev–Trinajstić information content (AvgIpc) is 3.24. The Balaban J connectivity index is 1.34. The van der Waals surface area contributed by atoms with Crippen LogP contribution in [0.25, 0.3) is 10.9 Å². The zero-order valence-electron chi connectivity index (χ0n) is 21.2. The summed E-state index contributed by atoms with van der Waals surface area (Å²) in [6, 6.07) is 31.2. The van der Waals surface area contributed by atoms with E-state index in [0.717, 1.165) is 16.7 Å². The summed E-state index contributed by atoms with van der Waals surface area (Å²) in [4.78, 5) is 25.8. The molecule has 0 bridgehead atoms. The molecule has 4 aromatic carbocycles. The van der Waals surface area contributed by atoms with Crippen LogP contribution in [0.1, 0.15) is 22.6 Å². The second-order valence-electron chi connectivity index (χ2n) is 9.09. The maximum atomic E-state index is 13.2. The molecule has 0 aliphatic rings. The minimum absolute atomic E-state index is 0.152. The Morgan fingerprint density at radius 3 is 2.10 bits per heavy atom. The number of aromatic nitrogens is 1. The smallest absolute Gasteiger partial charge is 0.283 e. The summed E-state index contributed by atoms with van der Waals surface area (Å²) in [5.74, 6) is -1.73. The van der Waals surface area contributed by atoms with Crippen LogP contribution in [0.5, 0.6) is 5.88 Å². The van der Waals surface area contributed by atoms with Crippen LogP contribution in [-0.4, -0.2) is 28.0 Å². The van der Waals surface area contributed by atoms with E-state index >= 15 is 0 Å². The van der Waals surface area contributed by atoms with Gasteiger partial charge in [-0.1, -0.05) is 108 Å². The van der Waals surface area contributed by atoms with E-state index in [0.29, 0.717) is 27.5 Å². The maximum Gasteiger partial charge on any atom is 0.283 e. The van der Waals surface area contributed by atoms with E-state index in [9.17, 15) is 14.7 Å². The molecule has 0 atom stereocenters. The van der Waals surface area contributed by atoms with Crippen LogP contribution in [-0.2, 0) is 16.1 Å². The molecule has 0 unspecified atom stereocenters. The van der Waals surface area contributed by atoms with E-state index in [1.807, 2.05) is 78.9 Å². The number of benzene rings is 4. The molecule has 0 spiro atoms. The van der Waals surface area contributed by atoms with Gasteiger partial charge in [-0.15, -0.1) is 10.2 Å². The summed E-state index contributed by atoms with van der Waals surface area (Å²) in [5.41, 5.74) is 3.29. The van der Waals surface area contributed by atoms with Gasteiger partial charge in [0.05, 0.1) is 28.0 Å². The van der Waals surface area contributed by atoms with Crippen LogP contribution >= 0.6 is 23.2 Å². The van der Waals surface area contributed by atoms with Gasteiger partial charge < -0.3 is 15.0 Å². The van der Waals surface area contributed by atoms with Crippen molar-refractivity contribution >= 4 is 51.6 Å². The predicted molar refractivity (Wildman–Crippen MR) is 156 cm³/mol. The van der Waals surface area contributed by atoms with Crippen LogP contribution in [0, 0.1) is 0 Å². The zero-order valence-corrected chi connectivity index (χ0v) is 22.7. The number of nitrogens with zero attached hydrogens (tertiary/aromatic N) is 3. The highest BCUT2D eigenvalue weighted by molar-refractivity contribution is 6.42. The zero-order chi connectivity index (χ0) is 28.1. The quantitative estimate of drug-likeness (QED) is 0.192. The molecular weight excluding hydrogens is 547 g/mol. The lowest BCUT2D eigenvalue weighted by Crippen LogP contribution is -2.33. The number of nitrogens with one attached hydrogen (secondary N) is 1. The Bertz CT molecular complexity index is 1660. The van der Waals surface area contributed by atoms with Crippen LogP contribution in [0.3, 0.4) is 0 Å². The minimum Gasteiger partial charge on any atom is -0.493 e. The highest BCUT2D eigenvalue weighted by atomic mass is 35.5. The fourth-order valence-electron chi connectivity index (χ4n) is 4.54. The van der Waals surface area contributed by atoms with E-state index in [1.165, 1.54) is 0 Å². The second-order valence-corrected chi connectivity index (χ2v) is 9.90. The third-order valence-electron chi connectivity index (χ3n) is 6.45. The number of hydrogen-bond donors (Lipinski definition) is 2. The molecule has 0 fully saturated rings. The van der Waals surface area contributed by atoms with E-state index in [4.69, 9.17) is 23.2 Å². The van der Waals surface area contributed by atoms with E-state index in [-0.39, 0.29) is 24.0 Å². The molecule has 40 heavy (non-hydrogen) atoms. The molecule has 2 amide bonds. The summed E-state index contributed by atoms with van der Waals surface area (Å²) < 4.78 is 1.65. The van der Waals surface area contributed by atoms with E-state index in [2.05, 4.69) is 15.5 Å². The molecule has 0 saturated heterocycles. The molecule has 200 valence electrons. The van der Waals surface area contributed by atoms with Gasteiger partial charge in [-0.3, -0.25) is 9.59 Å². The maximum absolute atomic E-state index is 13.2. The van der Waals surface area contributed by atoms with Gasteiger partial charge in [0, 0.05) is 5.39 Å². The van der Waals surface area contributed by atoms with Gasteiger partial charge in [-0.2, -0.15) is 0 Å². The molecule has 1 heterocycles. The summed E-state index contributed by atoms with van der Waals surface area (Å²) in [6.45, 7) is -0.0513. The number of para-hydroxylation sites is 1. The average molecular weight is 571 g/mol. The number of amides is 2. The number of halogens is 2. The molecule has 9 heteroatoms. The first-order valence-electron chi connectivity index (χ1n) is 12.5. The monoisotopic (exact) mass is 570 g/mol.